The molecule has 0 N–H and O–H groups in total. The van der Waals surface area contributed by atoms with Gasteiger partial charge >= 0.3 is 0 Å². The summed E-state index contributed by atoms with van der Waals surface area (Å²) in [6.07, 6.45) is 1.83. The molecule has 1 aromatic carbocycles. The van der Waals surface area contributed by atoms with E-state index in [2.05, 4.69) is 0 Å². The van der Waals surface area contributed by atoms with Crippen LogP contribution in [0.5, 0.6) is 0 Å². The number of rotatable bonds is 4. The topological polar surface area (TPSA) is 58.9 Å². The Hall–Kier alpha value is -2.44. The van der Waals surface area contributed by atoms with Crippen LogP contribution in [0.15, 0.2) is 59.6 Å². The Balaban J connectivity index is 2.13. The minimum absolute atomic E-state index is 0.108. The highest BCUT2D eigenvalue weighted by atomic mass is 32.2. The van der Waals surface area contributed by atoms with Gasteiger partial charge in [0, 0.05) is 31.4 Å². The third-order valence-electron chi connectivity index (χ3n) is 3.96. The van der Waals surface area contributed by atoms with Crippen LogP contribution in [0.1, 0.15) is 21.6 Å². The number of hydrogen-bond donors (Lipinski definition) is 0. The monoisotopic (exact) mass is 342 g/mol. The van der Waals surface area contributed by atoms with Crippen molar-refractivity contribution in [1.29, 1.82) is 0 Å². The maximum atomic E-state index is 13.0. The zero-order valence-corrected chi connectivity index (χ0v) is 14.5. The van der Waals surface area contributed by atoms with E-state index in [1.165, 1.54) is 26.2 Å². The van der Waals surface area contributed by atoms with Crippen molar-refractivity contribution in [3.05, 3.63) is 71.5 Å². The Morgan fingerprint density at radius 2 is 1.79 bits per heavy atom. The van der Waals surface area contributed by atoms with E-state index in [1.54, 1.807) is 12.1 Å². The molecule has 2 heterocycles. The summed E-state index contributed by atoms with van der Waals surface area (Å²) in [5.41, 5.74) is 2.68. The van der Waals surface area contributed by atoms with Crippen molar-refractivity contribution < 1.29 is 13.2 Å². The number of carbonyl (C=O) groups excluding carboxylic acids is 1. The summed E-state index contributed by atoms with van der Waals surface area (Å²) in [7, 11) is -0.646. The van der Waals surface area contributed by atoms with Crippen molar-refractivity contribution in [2.24, 2.45) is 0 Å². The first-order valence-corrected chi connectivity index (χ1v) is 8.90. The molecule has 0 unspecified atom stereocenters. The summed E-state index contributed by atoms with van der Waals surface area (Å²) in [5.74, 6) is -0.200. The largest absolute Gasteiger partial charge is 0.313 e. The van der Waals surface area contributed by atoms with Crippen molar-refractivity contribution in [3.8, 4) is 0 Å². The van der Waals surface area contributed by atoms with Crippen LogP contribution in [-0.2, 0) is 10.0 Å². The molecule has 0 atom stereocenters. The standard InChI is InChI=1S/C18H18N2O3S/c1-13-11-15-8-4-5-10-20(15)17(13)18(21)14-7-6-9-16(12-14)24(22,23)19(2)3/h4-12H,1-3H3. The summed E-state index contributed by atoms with van der Waals surface area (Å²) in [6.45, 7) is 1.88. The molecule has 0 aliphatic rings. The summed E-state index contributed by atoms with van der Waals surface area (Å²) >= 11 is 0. The van der Waals surface area contributed by atoms with Gasteiger partial charge in [-0.15, -0.1) is 0 Å². The smallest absolute Gasteiger partial charge is 0.242 e. The van der Waals surface area contributed by atoms with Crippen molar-refractivity contribution in [2.45, 2.75) is 11.8 Å². The molecule has 124 valence electrons. The van der Waals surface area contributed by atoms with Crippen LogP contribution in [-0.4, -0.2) is 37.0 Å². The van der Waals surface area contributed by atoms with E-state index >= 15 is 0 Å². The van der Waals surface area contributed by atoms with Gasteiger partial charge in [-0.2, -0.15) is 0 Å². The Bertz CT molecular complexity index is 1030. The lowest BCUT2D eigenvalue weighted by Gasteiger charge is -2.12. The zero-order chi connectivity index (χ0) is 17.5. The van der Waals surface area contributed by atoms with Crippen molar-refractivity contribution in [2.75, 3.05) is 14.1 Å². The Labute approximate surface area is 141 Å². The molecule has 0 aliphatic heterocycles. The lowest BCUT2D eigenvalue weighted by Crippen LogP contribution is -2.22. The molecule has 6 heteroatoms. The molecule has 3 rings (SSSR count). The normalized spacial score (nSPS) is 12.0. The Kier molecular flexibility index (Phi) is 4.03. The fraction of sp³-hybridized carbons (Fsp3) is 0.167. The summed E-state index contributed by atoms with van der Waals surface area (Å²) in [6, 6.07) is 13.8. The Morgan fingerprint density at radius 3 is 2.50 bits per heavy atom. The highest BCUT2D eigenvalue weighted by Gasteiger charge is 2.21. The van der Waals surface area contributed by atoms with Gasteiger partial charge in [0.25, 0.3) is 0 Å². The minimum atomic E-state index is -3.58. The number of ketones is 1. The van der Waals surface area contributed by atoms with Gasteiger partial charge in [0.05, 0.1) is 10.6 Å². The second-order valence-corrected chi connectivity index (χ2v) is 7.97. The second kappa shape index (κ2) is 5.89. The molecule has 0 spiro atoms. The minimum Gasteiger partial charge on any atom is -0.313 e. The molecule has 0 bridgehead atoms. The highest BCUT2D eigenvalue weighted by Crippen LogP contribution is 2.21. The maximum Gasteiger partial charge on any atom is 0.242 e. The summed E-state index contributed by atoms with van der Waals surface area (Å²) in [5, 5.41) is 0. The van der Waals surface area contributed by atoms with E-state index in [9.17, 15) is 13.2 Å². The number of benzene rings is 1. The van der Waals surface area contributed by atoms with Crippen LogP contribution in [0.4, 0.5) is 0 Å². The first kappa shape index (κ1) is 16.4. The third-order valence-corrected chi connectivity index (χ3v) is 5.77. The van der Waals surface area contributed by atoms with Gasteiger partial charge in [0.15, 0.2) is 0 Å². The van der Waals surface area contributed by atoms with E-state index < -0.39 is 10.0 Å². The Morgan fingerprint density at radius 1 is 1.04 bits per heavy atom. The second-order valence-electron chi connectivity index (χ2n) is 5.82. The van der Waals surface area contributed by atoms with E-state index in [0.717, 1.165) is 15.4 Å². The first-order chi connectivity index (χ1) is 11.3. The predicted octanol–water partition coefficient (Wildman–Crippen LogP) is 2.73. The fourth-order valence-corrected chi connectivity index (χ4v) is 3.64. The number of hydrogen-bond acceptors (Lipinski definition) is 3. The molecule has 0 radical (unpaired) electrons. The third kappa shape index (κ3) is 2.64. The molecule has 0 amide bonds. The van der Waals surface area contributed by atoms with E-state index in [4.69, 9.17) is 0 Å². The van der Waals surface area contributed by atoms with Crippen LogP contribution in [0, 0.1) is 6.92 Å². The lowest BCUT2D eigenvalue weighted by molar-refractivity contribution is 0.103. The molecular weight excluding hydrogens is 324 g/mol. The SMILES string of the molecule is Cc1cc2ccccn2c1C(=O)c1cccc(S(=O)(=O)N(C)C)c1. The first-order valence-electron chi connectivity index (χ1n) is 7.46. The van der Waals surface area contributed by atoms with Gasteiger partial charge in [-0.3, -0.25) is 4.79 Å². The molecule has 3 aromatic rings. The lowest BCUT2D eigenvalue weighted by atomic mass is 10.1. The zero-order valence-electron chi connectivity index (χ0n) is 13.7. The maximum absolute atomic E-state index is 13.0. The van der Waals surface area contributed by atoms with Crippen molar-refractivity contribution in [1.82, 2.24) is 8.71 Å². The molecular formula is C18H18N2O3S. The summed E-state index contributed by atoms with van der Waals surface area (Å²) < 4.78 is 27.5. The molecule has 0 aliphatic carbocycles. The molecule has 24 heavy (non-hydrogen) atoms. The van der Waals surface area contributed by atoms with Crippen molar-refractivity contribution >= 4 is 21.3 Å². The van der Waals surface area contributed by atoms with Crippen LogP contribution >= 0.6 is 0 Å². The predicted molar refractivity (Wildman–Crippen MR) is 92.9 cm³/mol. The van der Waals surface area contributed by atoms with Crippen molar-refractivity contribution in [3.63, 3.8) is 0 Å². The number of pyridine rings is 1. The molecule has 2 aromatic heterocycles. The number of aromatic nitrogens is 1. The fourth-order valence-electron chi connectivity index (χ4n) is 2.69. The van der Waals surface area contributed by atoms with Gasteiger partial charge in [0.1, 0.15) is 0 Å². The average molecular weight is 342 g/mol. The van der Waals surface area contributed by atoms with Crippen LogP contribution in [0.25, 0.3) is 5.52 Å². The molecule has 5 nitrogen and oxygen atoms in total. The van der Waals surface area contributed by atoms with Gasteiger partial charge in [-0.25, -0.2) is 12.7 Å². The van der Waals surface area contributed by atoms with Gasteiger partial charge in [0.2, 0.25) is 15.8 Å². The molecule has 0 saturated heterocycles. The quantitative estimate of drug-likeness (QED) is 0.685. The number of carbonyl (C=O) groups is 1. The number of fused-ring (bicyclic) bond motifs is 1. The number of aryl methyl sites for hydroxylation is 1. The van der Waals surface area contributed by atoms with E-state index in [-0.39, 0.29) is 10.7 Å². The van der Waals surface area contributed by atoms with E-state index in [1.807, 2.05) is 41.8 Å². The van der Waals surface area contributed by atoms with Crippen LogP contribution in [0.3, 0.4) is 0 Å². The highest BCUT2D eigenvalue weighted by molar-refractivity contribution is 7.89. The number of nitrogens with zero attached hydrogens (tertiary/aromatic N) is 2. The van der Waals surface area contributed by atoms with E-state index in [0.29, 0.717) is 11.3 Å². The van der Waals surface area contributed by atoms with Gasteiger partial charge in [-0.05, 0) is 42.8 Å². The average Bonchev–Trinajstić information content (AvgIpc) is 2.90. The summed E-state index contributed by atoms with van der Waals surface area (Å²) in [4.78, 5) is 13.1. The number of sulfonamides is 1. The van der Waals surface area contributed by atoms with Crippen LogP contribution < -0.4 is 0 Å². The van der Waals surface area contributed by atoms with Gasteiger partial charge < -0.3 is 4.40 Å². The molecule has 0 fully saturated rings. The molecule has 0 saturated carbocycles. The van der Waals surface area contributed by atoms with Crippen LogP contribution in [0.2, 0.25) is 0 Å². The van der Waals surface area contributed by atoms with Gasteiger partial charge in [-0.1, -0.05) is 18.2 Å².